The lowest BCUT2D eigenvalue weighted by molar-refractivity contribution is -0.135. The van der Waals surface area contributed by atoms with Gasteiger partial charge in [-0.2, -0.15) is 0 Å². The van der Waals surface area contributed by atoms with Gasteiger partial charge in [-0.25, -0.2) is 0 Å². The Hall–Kier alpha value is -2.41. The predicted octanol–water partition coefficient (Wildman–Crippen LogP) is 1.38. The van der Waals surface area contributed by atoms with Crippen molar-refractivity contribution in [2.75, 3.05) is 43.4 Å². The minimum absolute atomic E-state index is 0.108. The first-order valence-corrected chi connectivity index (χ1v) is 9.17. The Morgan fingerprint density at radius 3 is 2.08 bits per heavy atom. The number of hydrogen-bond donors (Lipinski definition) is 2. The summed E-state index contributed by atoms with van der Waals surface area (Å²) in [5, 5.41) is 5.54. The van der Waals surface area contributed by atoms with Crippen molar-refractivity contribution in [3.05, 3.63) is 24.3 Å². The summed E-state index contributed by atoms with van der Waals surface area (Å²) in [6, 6.07) is 6.96. The van der Waals surface area contributed by atoms with E-state index in [9.17, 15) is 14.4 Å². The lowest BCUT2D eigenvalue weighted by Gasteiger charge is -2.34. The van der Waals surface area contributed by atoms with E-state index >= 15 is 0 Å². The summed E-state index contributed by atoms with van der Waals surface area (Å²) in [5.41, 5.74) is 1.35. The molecule has 7 nitrogen and oxygen atoms in total. The SMILES string of the molecule is CCN1CCN(C(=O)C2CC2C(=O)Nc2ccc(NC(C)=O)cc2)CC1. The molecule has 0 spiro atoms. The molecule has 0 bridgehead atoms. The summed E-state index contributed by atoms with van der Waals surface area (Å²) >= 11 is 0. The maximum atomic E-state index is 12.6. The van der Waals surface area contributed by atoms with Crippen molar-refractivity contribution < 1.29 is 14.4 Å². The van der Waals surface area contributed by atoms with Gasteiger partial charge in [0.1, 0.15) is 0 Å². The van der Waals surface area contributed by atoms with E-state index in [-0.39, 0.29) is 29.6 Å². The van der Waals surface area contributed by atoms with Gasteiger partial charge in [-0.15, -0.1) is 0 Å². The van der Waals surface area contributed by atoms with Gasteiger partial charge in [0.05, 0.1) is 11.8 Å². The highest BCUT2D eigenvalue weighted by Gasteiger charge is 2.49. The molecule has 2 N–H and O–H groups in total. The fourth-order valence-electron chi connectivity index (χ4n) is 3.35. The van der Waals surface area contributed by atoms with Crippen LogP contribution in [0.25, 0.3) is 0 Å². The van der Waals surface area contributed by atoms with E-state index in [4.69, 9.17) is 0 Å². The van der Waals surface area contributed by atoms with Crippen molar-refractivity contribution >= 4 is 29.1 Å². The highest BCUT2D eigenvalue weighted by molar-refractivity contribution is 5.99. The third kappa shape index (κ3) is 4.40. The topological polar surface area (TPSA) is 81.8 Å². The van der Waals surface area contributed by atoms with E-state index in [0.29, 0.717) is 17.8 Å². The largest absolute Gasteiger partial charge is 0.340 e. The molecule has 140 valence electrons. The Bertz CT molecular complexity index is 681. The normalized spacial score (nSPS) is 22.6. The fourth-order valence-corrected chi connectivity index (χ4v) is 3.35. The molecule has 3 amide bonds. The zero-order valence-corrected chi connectivity index (χ0v) is 15.3. The van der Waals surface area contributed by atoms with Gasteiger partial charge in [0, 0.05) is 44.5 Å². The molecule has 1 aliphatic heterocycles. The monoisotopic (exact) mass is 358 g/mol. The standard InChI is InChI=1S/C19H26N4O3/c1-3-22-8-10-23(11-9-22)19(26)17-12-16(17)18(25)21-15-6-4-14(5-7-15)20-13(2)24/h4-7,16-17H,3,8-12H2,1-2H3,(H,20,24)(H,21,25). The van der Waals surface area contributed by atoms with Crippen molar-refractivity contribution in [1.29, 1.82) is 0 Å². The third-order valence-electron chi connectivity index (χ3n) is 5.05. The van der Waals surface area contributed by atoms with Crippen molar-refractivity contribution in [3.8, 4) is 0 Å². The molecule has 0 radical (unpaired) electrons. The number of amides is 3. The molecule has 2 unspecified atom stereocenters. The molecule has 7 heteroatoms. The van der Waals surface area contributed by atoms with Crippen LogP contribution in [0.15, 0.2) is 24.3 Å². The first-order chi connectivity index (χ1) is 12.5. The summed E-state index contributed by atoms with van der Waals surface area (Å²) in [6.07, 6.45) is 0.628. The molecular weight excluding hydrogens is 332 g/mol. The second kappa shape index (κ2) is 7.86. The Morgan fingerprint density at radius 2 is 1.54 bits per heavy atom. The molecule has 1 aliphatic carbocycles. The van der Waals surface area contributed by atoms with Crippen LogP contribution >= 0.6 is 0 Å². The molecule has 3 rings (SSSR count). The highest BCUT2D eigenvalue weighted by atomic mass is 16.2. The molecule has 1 heterocycles. The van der Waals surface area contributed by atoms with Crippen LogP contribution in [0.1, 0.15) is 20.3 Å². The molecule has 2 fully saturated rings. The van der Waals surface area contributed by atoms with E-state index in [2.05, 4.69) is 22.5 Å². The van der Waals surface area contributed by atoms with Gasteiger partial charge in [-0.3, -0.25) is 14.4 Å². The smallest absolute Gasteiger partial charge is 0.228 e. The van der Waals surface area contributed by atoms with Gasteiger partial charge in [0.25, 0.3) is 0 Å². The Morgan fingerprint density at radius 1 is 0.962 bits per heavy atom. The van der Waals surface area contributed by atoms with Crippen LogP contribution in [-0.2, 0) is 14.4 Å². The number of piperazine rings is 1. The summed E-state index contributed by atoms with van der Waals surface area (Å²) in [6.45, 7) is 7.91. The molecular formula is C19H26N4O3. The van der Waals surface area contributed by atoms with Crippen LogP contribution in [-0.4, -0.2) is 60.2 Å². The van der Waals surface area contributed by atoms with Crippen molar-refractivity contribution in [3.63, 3.8) is 0 Å². The molecule has 1 saturated heterocycles. The molecule has 2 aliphatic rings. The molecule has 0 aromatic heterocycles. The summed E-state index contributed by atoms with van der Waals surface area (Å²) in [7, 11) is 0. The van der Waals surface area contributed by atoms with Crippen LogP contribution in [0.3, 0.4) is 0 Å². The Balaban J connectivity index is 1.48. The first kappa shape index (κ1) is 18.4. The van der Waals surface area contributed by atoms with E-state index in [0.717, 1.165) is 32.7 Å². The minimum atomic E-state index is -0.235. The number of hydrogen-bond acceptors (Lipinski definition) is 4. The van der Waals surface area contributed by atoms with Crippen molar-refractivity contribution in [2.24, 2.45) is 11.8 Å². The fraction of sp³-hybridized carbons (Fsp3) is 0.526. The molecule has 1 saturated carbocycles. The van der Waals surface area contributed by atoms with Crippen LogP contribution in [0, 0.1) is 11.8 Å². The summed E-state index contributed by atoms with van der Waals surface area (Å²) in [5.74, 6) is -0.547. The number of nitrogens with one attached hydrogen (secondary N) is 2. The lowest BCUT2D eigenvalue weighted by Crippen LogP contribution is -2.49. The predicted molar refractivity (Wildman–Crippen MR) is 99.7 cm³/mol. The van der Waals surface area contributed by atoms with Crippen LogP contribution in [0.2, 0.25) is 0 Å². The maximum absolute atomic E-state index is 12.6. The van der Waals surface area contributed by atoms with Gasteiger partial charge in [-0.1, -0.05) is 6.92 Å². The van der Waals surface area contributed by atoms with Gasteiger partial charge in [-0.05, 0) is 37.2 Å². The molecule has 26 heavy (non-hydrogen) atoms. The summed E-state index contributed by atoms with van der Waals surface area (Å²) < 4.78 is 0. The molecule has 1 aromatic rings. The van der Waals surface area contributed by atoms with E-state index in [1.165, 1.54) is 6.92 Å². The number of benzene rings is 1. The van der Waals surface area contributed by atoms with Crippen LogP contribution in [0.5, 0.6) is 0 Å². The second-order valence-corrected chi connectivity index (χ2v) is 6.96. The van der Waals surface area contributed by atoms with Crippen molar-refractivity contribution in [1.82, 2.24) is 9.80 Å². The Labute approximate surface area is 153 Å². The number of carbonyl (C=O) groups is 3. The number of likely N-dealkylation sites (N-methyl/N-ethyl adjacent to an activating group) is 1. The zero-order chi connectivity index (χ0) is 18.7. The van der Waals surface area contributed by atoms with Gasteiger partial charge >= 0.3 is 0 Å². The van der Waals surface area contributed by atoms with Crippen LogP contribution in [0.4, 0.5) is 11.4 Å². The minimum Gasteiger partial charge on any atom is -0.340 e. The molecule has 1 aromatic carbocycles. The van der Waals surface area contributed by atoms with E-state index in [1.54, 1.807) is 24.3 Å². The maximum Gasteiger partial charge on any atom is 0.228 e. The van der Waals surface area contributed by atoms with Gasteiger partial charge < -0.3 is 20.4 Å². The summed E-state index contributed by atoms with van der Waals surface area (Å²) in [4.78, 5) is 40.2. The zero-order valence-electron chi connectivity index (χ0n) is 15.3. The van der Waals surface area contributed by atoms with Gasteiger partial charge in [0.15, 0.2) is 0 Å². The van der Waals surface area contributed by atoms with Crippen molar-refractivity contribution in [2.45, 2.75) is 20.3 Å². The van der Waals surface area contributed by atoms with Gasteiger partial charge in [0.2, 0.25) is 17.7 Å². The Kier molecular flexibility index (Phi) is 5.56. The number of anilines is 2. The first-order valence-electron chi connectivity index (χ1n) is 9.17. The van der Waals surface area contributed by atoms with E-state index in [1.807, 2.05) is 4.90 Å². The van der Waals surface area contributed by atoms with E-state index < -0.39 is 0 Å². The average Bonchev–Trinajstić information content (AvgIpc) is 3.43. The second-order valence-electron chi connectivity index (χ2n) is 6.96. The number of rotatable bonds is 5. The third-order valence-corrected chi connectivity index (χ3v) is 5.05. The number of carbonyl (C=O) groups excluding carboxylic acids is 3. The number of nitrogens with zero attached hydrogens (tertiary/aromatic N) is 2. The average molecular weight is 358 g/mol. The molecule has 2 atom stereocenters. The highest BCUT2D eigenvalue weighted by Crippen LogP contribution is 2.41. The van der Waals surface area contributed by atoms with Crippen LogP contribution < -0.4 is 10.6 Å². The lowest BCUT2D eigenvalue weighted by atomic mass is 10.2. The quantitative estimate of drug-likeness (QED) is 0.833.